The summed E-state index contributed by atoms with van der Waals surface area (Å²) in [5, 5.41) is 3.24. The maximum atomic E-state index is 12.6. The number of amides is 2. The normalized spacial score (nSPS) is 17.0. The van der Waals surface area contributed by atoms with Gasteiger partial charge in [-0.2, -0.15) is 0 Å². The lowest BCUT2D eigenvalue weighted by molar-refractivity contribution is -0.120. The van der Waals surface area contributed by atoms with Crippen LogP contribution in [0.2, 0.25) is 5.02 Å². The molecule has 1 fully saturated rings. The predicted molar refractivity (Wildman–Crippen MR) is 93.6 cm³/mol. The SMILES string of the molecule is COc1ccc(NC(=O)C2CCC(=O)N2c2ccccc2)cc1Cl. The van der Waals surface area contributed by atoms with E-state index in [2.05, 4.69) is 5.32 Å². The number of carbonyl (C=O) groups excluding carboxylic acids is 2. The molecule has 1 aliphatic heterocycles. The first-order valence-corrected chi connectivity index (χ1v) is 7.99. The van der Waals surface area contributed by atoms with Crippen molar-refractivity contribution in [3.63, 3.8) is 0 Å². The van der Waals surface area contributed by atoms with Crippen molar-refractivity contribution in [3.05, 3.63) is 53.6 Å². The predicted octanol–water partition coefficient (Wildman–Crippen LogP) is 3.48. The Balaban J connectivity index is 1.79. The molecule has 1 aliphatic rings. The van der Waals surface area contributed by atoms with Gasteiger partial charge in [0.2, 0.25) is 11.8 Å². The van der Waals surface area contributed by atoms with E-state index in [1.165, 1.54) is 7.11 Å². The molecular formula is C18H17ClN2O3. The van der Waals surface area contributed by atoms with Crippen molar-refractivity contribution in [3.8, 4) is 5.75 Å². The van der Waals surface area contributed by atoms with E-state index in [0.29, 0.717) is 29.3 Å². The molecule has 2 aromatic rings. The van der Waals surface area contributed by atoms with Crippen LogP contribution < -0.4 is 15.0 Å². The lowest BCUT2D eigenvalue weighted by Gasteiger charge is -2.24. The first kappa shape index (κ1) is 16.3. The van der Waals surface area contributed by atoms with Crippen molar-refractivity contribution < 1.29 is 14.3 Å². The number of anilines is 2. The zero-order valence-corrected chi connectivity index (χ0v) is 13.9. The van der Waals surface area contributed by atoms with Crippen LogP contribution >= 0.6 is 11.6 Å². The first-order chi connectivity index (χ1) is 11.6. The molecule has 0 aromatic heterocycles. The minimum Gasteiger partial charge on any atom is -0.495 e. The largest absolute Gasteiger partial charge is 0.495 e. The van der Waals surface area contributed by atoms with Crippen molar-refractivity contribution in [2.75, 3.05) is 17.3 Å². The molecule has 0 bridgehead atoms. The highest BCUT2D eigenvalue weighted by atomic mass is 35.5. The Morgan fingerprint density at radius 1 is 1.25 bits per heavy atom. The number of hydrogen-bond donors (Lipinski definition) is 1. The Hall–Kier alpha value is -2.53. The summed E-state index contributed by atoms with van der Waals surface area (Å²) in [4.78, 5) is 26.4. The minimum atomic E-state index is -0.527. The second kappa shape index (κ2) is 6.93. The molecule has 1 N–H and O–H groups in total. The van der Waals surface area contributed by atoms with Crippen LogP contribution in [0.5, 0.6) is 5.75 Å². The molecule has 3 rings (SSSR count). The van der Waals surface area contributed by atoms with Crippen molar-refractivity contribution in [1.82, 2.24) is 0 Å². The standard InChI is InChI=1S/C18H17ClN2O3/c1-24-16-9-7-12(11-14(16)19)20-18(23)15-8-10-17(22)21(15)13-5-3-2-4-6-13/h2-7,9,11,15H,8,10H2,1H3,(H,20,23). The van der Waals surface area contributed by atoms with Crippen molar-refractivity contribution in [2.45, 2.75) is 18.9 Å². The highest BCUT2D eigenvalue weighted by molar-refractivity contribution is 6.32. The number of carbonyl (C=O) groups is 2. The van der Waals surface area contributed by atoms with Crippen LogP contribution in [-0.4, -0.2) is 25.0 Å². The number of benzene rings is 2. The fourth-order valence-corrected chi connectivity index (χ4v) is 3.07. The van der Waals surface area contributed by atoms with E-state index in [0.717, 1.165) is 5.69 Å². The van der Waals surface area contributed by atoms with E-state index in [1.807, 2.05) is 30.3 Å². The van der Waals surface area contributed by atoms with Gasteiger partial charge in [0, 0.05) is 17.8 Å². The zero-order chi connectivity index (χ0) is 17.1. The number of methoxy groups -OCH3 is 1. The third kappa shape index (κ3) is 3.21. The van der Waals surface area contributed by atoms with Crippen LogP contribution in [-0.2, 0) is 9.59 Å². The third-order valence-electron chi connectivity index (χ3n) is 3.97. The smallest absolute Gasteiger partial charge is 0.247 e. The van der Waals surface area contributed by atoms with Gasteiger partial charge in [0.05, 0.1) is 12.1 Å². The van der Waals surface area contributed by atoms with Gasteiger partial charge in [0.25, 0.3) is 0 Å². The van der Waals surface area contributed by atoms with E-state index < -0.39 is 6.04 Å². The lowest BCUT2D eigenvalue weighted by Crippen LogP contribution is -2.41. The summed E-state index contributed by atoms with van der Waals surface area (Å²) in [5.41, 5.74) is 1.30. The van der Waals surface area contributed by atoms with E-state index in [9.17, 15) is 9.59 Å². The molecule has 24 heavy (non-hydrogen) atoms. The molecule has 6 heteroatoms. The van der Waals surface area contributed by atoms with Gasteiger partial charge in [-0.15, -0.1) is 0 Å². The van der Waals surface area contributed by atoms with Crippen LogP contribution in [0.1, 0.15) is 12.8 Å². The summed E-state index contributed by atoms with van der Waals surface area (Å²) in [6.07, 6.45) is 0.847. The molecular weight excluding hydrogens is 328 g/mol. The number of rotatable bonds is 4. The monoisotopic (exact) mass is 344 g/mol. The molecule has 1 heterocycles. The molecule has 5 nitrogen and oxygen atoms in total. The van der Waals surface area contributed by atoms with Crippen LogP contribution in [0.4, 0.5) is 11.4 Å². The quantitative estimate of drug-likeness (QED) is 0.923. The van der Waals surface area contributed by atoms with Gasteiger partial charge >= 0.3 is 0 Å². The van der Waals surface area contributed by atoms with Crippen LogP contribution in [0.3, 0.4) is 0 Å². The van der Waals surface area contributed by atoms with Crippen molar-refractivity contribution in [1.29, 1.82) is 0 Å². The molecule has 0 saturated carbocycles. The number of ether oxygens (including phenoxy) is 1. The topological polar surface area (TPSA) is 58.6 Å². The second-order valence-corrected chi connectivity index (χ2v) is 5.90. The summed E-state index contributed by atoms with van der Waals surface area (Å²) < 4.78 is 5.10. The van der Waals surface area contributed by atoms with Gasteiger partial charge in [0.15, 0.2) is 0 Å². The average Bonchev–Trinajstić information content (AvgIpc) is 2.97. The van der Waals surface area contributed by atoms with Crippen molar-refractivity contribution in [2.24, 2.45) is 0 Å². The number of nitrogens with zero attached hydrogens (tertiary/aromatic N) is 1. The lowest BCUT2D eigenvalue weighted by atomic mass is 10.2. The van der Waals surface area contributed by atoms with Gasteiger partial charge in [-0.05, 0) is 36.8 Å². The van der Waals surface area contributed by atoms with E-state index in [4.69, 9.17) is 16.3 Å². The Kier molecular flexibility index (Phi) is 4.71. The Bertz CT molecular complexity index is 764. The number of hydrogen-bond acceptors (Lipinski definition) is 3. The van der Waals surface area contributed by atoms with Gasteiger partial charge in [-0.1, -0.05) is 29.8 Å². The van der Waals surface area contributed by atoms with Crippen LogP contribution in [0, 0.1) is 0 Å². The number of para-hydroxylation sites is 1. The number of halogens is 1. The van der Waals surface area contributed by atoms with E-state index in [1.54, 1.807) is 23.1 Å². The highest BCUT2D eigenvalue weighted by Gasteiger charge is 2.37. The molecule has 0 radical (unpaired) electrons. The van der Waals surface area contributed by atoms with Gasteiger partial charge < -0.3 is 10.1 Å². The van der Waals surface area contributed by atoms with Gasteiger partial charge in [-0.25, -0.2) is 0 Å². The molecule has 0 spiro atoms. The average molecular weight is 345 g/mol. The second-order valence-electron chi connectivity index (χ2n) is 5.49. The Morgan fingerprint density at radius 2 is 2.00 bits per heavy atom. The first-order valence-electron chi connectivity index (χ1n) is 7.61. The Morgan fingerprint density at radius 3 is 2.67 bits per heavy atom. The summed E-state index contributed by atoms with van der Waals surface area (Å²) in [6, 6.07) is 13.7. The molecule has 2 amide bonds. The van der Waals surface area contributed by atoms with Crippen LogP contribution in [0.15, 0.2) is 48.5 Å². The highest BCUT2D eigenvalue weighted by Crippen LogP contribution is 2.29. The molecule has 2 aromatic carbocycles. The van der Waals surface area contributed by atoms with Gasteiger partial charge in [0.1, 0.15) is 11.8 Å². The maximum Gasteiger partial charge on any atom is 0.247 e. The van der Waals surface area contributed by atoms with Crippen molar-refractivity contribution >= 4 is 34.8 Å². The molecule has 1 saturated heterocycles. The zero-order valence-electron chi connectivity index (χ0n) is 13.2. The summed E-state index contributed by atoms with van der Waals surface area (Å²) in [5.74, 6) is 0.261. The summed E-state index contributed by atoms with van der Waals surface area (Å²) in [7, 11) is 1.53. The molecule has 1 atom stereocenters. The minimum absolute atomic E-state index is 0.0471. The summed E-state index contributed by atoms with van der Waals surface area (Å²) in [6.45, 7) is 0. The van der Waals surface area contributed by atoms with Crippen LogP contribution in [0.25, 0.3) is 0 Å². The van der Waals surface area contributed by atoms with Gasteiger partial charge in [-0.3, -0.25) is 14.5 Å². The summed E-state index contributed by atoms with van der Waals surface area (Å²) >= 11 is 6.08. The number of nitrogens with one attached hydrogen (secondary N) is 1. The molecule has 1 unspecified atom stereocenters. The molecule has 0 aliphatic carbocycles. The van der Waals surface area contributed by atoms with E-state index >= 15 is 0 Å². The maximum absolute atomic E-state index is 12.6. The Labute approximate surface area is 145 Å². The molecule has 124 valence electrons. The fraction of sp³-hybridized carbons (Fsp3) is 0.222. The van der Waals surface area contributed by atoms with E-state index in [-0.39, 0.29) is 11.8 Å². The fourth-order valence-electron chi connectivity index (χ4n) is 2.81. The third-order valence-corrected chi connectivity index (χ3v) is 4.26.